The second kappa shape index (κ2) is 5.67. The first kappa shape index (κ1) is 16.9. The fourth-order valence-electron chi connectivity index (χ4n) is 2.87. The maximum Gasteiger partial charge on any atom is 0.179 e. The molecule has 0 aromatic carbocycles. The van der Waals surface area contributed by atoms with Crippen LogP contribution in [-0.2, 0) is 0 Å². The van der Waals surface area contributed by atoms with E-state index in [4.69, 9.17) is 0 Å². The van der Waals surface area contributed by atoms with Gasteiger partial charge in [0.2, 0.25) is 0 Å². The highest BCUT2D eigenvalue weighted by Crippen LogP contribution is 2.50. The maximum absolute atomic E-state index is 9.72. The molecule has 3 nitrogen and oxygen atoms in total. The third-order valence-corrected chi connectivity index (χ3v) is 6.91. The van der Waals surface area contributed by atoms with Gasteiger partial charge in [0.05, 0.1) is 15.5 Å². The quantitative estimate of drug-likeness (QED) is 0.382. The molecule has 0 N–H and O–H groups in total. The second-order valence-corrected chi connectivity index (χ2v) is 8.51. The van der Waals surface area contributed by atoms with E-state index in [-0.39, 0.29) is 14.9 Å². The molecule has 1 aliphatic rings. The first-order chi connectivity index (χ1) is 8.58. The number of hydrogen-bond donors (Lipinski definition) is 0. The Morgan fingerprint density at radius 1 is 1.37 bits per heavy atom. The number of azo groups is 1. The van der Waals surface area contributed by atoms with Gasteiger partial charge in [0.25, 0.3) is 0 Å². The van der Waals surface area contributed by atoms with E-state index in [1.165, 1.54) is 0 Å². The van der Waals surface area contributed by atoms with Gasteiger partial charge in [-0.05, 0) is 44.4 Å². The van der Waals surface area contributed by atoms with E-state index in [2.05, 4.69) is 80.4 Å². The van der Waals surface area contributed by atoms with Gasteiger partial charge in [0.15, 0.2) is 5.54 Å². The predicted octanol–water partition coefficient (Wildman–Crippen LogP) is 5.15. The second-order valence-electron chi connectivity index (χ2n) is 7.27. The fourth-order valence-corrected chi connectivity index (χ4v) is 3.64. The molecule has 0 amide bonds. The smallest absolute Gasteiger partial charge is 0.179 e. The number of halogens is 1. The molecule has 3 atom stereocenters. The number of nitriles is 1. The summed E-state index contributed by atoms with van der Waals surface area (Å²) < 4.78 is 0.204. The highest BCUT2D eigenvalue weighted by atomic mass is 127. The summed E-state index contributed by atoms with van der Waals surface area (Å²) in [5, 5.41) is 18.8. The largest absolute Gasteiger partial charge is 0.195 e. The molecule has 1 saturated carbocycles. The Bertz CT molecular complexity index is 395. The molecule has 108 valence electrons. The van der Waals surface area contributed by atoms with E-state index in [0.29, 0.717) is 5.92 Å². The van der Waals surface area contributed by atoms with Gasteiger partial charge in [-0.25, -0.2) is 0 Å². The van der Waals surface area contributed by atoms with Gasteiger partial charge >= 0.3 is 0 Å². The van der Waals surface area contributed by atoms with Crippen LogP contribution >= 0.6 is 22.6 Å². The van der Waals surface area contributed by atoms with E-state index >= 15 is 0 Å². The minimum atomic E-state index is -0.659. The predicted molar refractivity (Wildman–Crippen MR) is 87.6 cm³/mol. The lowest BCUT2D eigenvalue weighted by atomic mass is 9.65. The molecule has 19 heavy (non-hydrogen) atoms. The minimum Gasteiger partial charge on any atom is -0.195 e. The van der Waals surface area contributed by atoms with Crippen molar-refractivity contribution < 1.29 is 0 Å². The van der Waals surface area contributed by atoms with Crippen LogP contribution in [0.1, 0.15) is 60.8 Å². The monoisotopic (exact) mass is 375 g/mol. The van der Waals surface area contributed by atoms with Crippen LogP contribution in [0, 0.1) is 22.7 Å². The number of hydrogen-bond acceptors (Lipinski definition) is 3. The van der Waals surface area contributed by atoms with Crippen molar-refractivity contribution in [1.29, 1.82) is 5.26 Å². The van der Waals surface area contributed by atoms with Gasteiger partial charge in [-0.15, -0.1) is 0 Å². The van der Waals surface area contributed by atoms with Crippen molar-refractivity contribution in [2.75, 3.05) is 0 Å². The molecule has 0 radical (unpaired) electrons. The SMILES string of the molecule is CCC(C)(C)N=NC1(C#N)CC(C)CC(C)(C)C1I. The first-order valence-corrected chi connectivity index (χ1v) is 8.32. The van der Waals surface area contributed by atoms with Gasteiger partial charge in [0, 0.05) is 0 Å². The van der Waals surface area contributed by atoms with Crippen LogP contribution in [0.25, 0.3) is 0 Å². The molecule has 0 heterocycles. The lowest BCUT2D eigenvalue weighted by Gasteiger charge is -2.46. The third-order valence-electron chi connectivity index (χ3n) is 4.20. The Morgan fingerprint density at radius 3 is 2.42 bits per heavy atom. The van der Waals surface area contributed by atoms with Crippen LogP contribution in [0.2, 0.25) is 0 Å². The molecule has 1 fully saturated rings. The fraction of sp³-hybridized carbons (Fsp3) is 0.933. The molecular weight excluding hydrogens is 349 g/mol. The van der Waals surface area contributed by atoms with E-state index in [1.54, 1.807) is 0 Å². The Hall–Kier alpha value is -0.180. The van der Waals surface area contributed by atoms with E-state index < -0.39 is 5.54 Å². The van der Waals surface area contributed by atoms with Gasteiger partial charge in [0.1, 0.15) is 0 Å². The molecule has 0 saturated heterocycles. The molecule has 0 spiro atoms. The summed E-state index contributed by atoms with van der Waals surface area (Å²) in [7, 11) is 0. The zero-order valence-corrected chi connectivity index (χ0v) is 15.2. The van der Waals surface area contributed by atoms with Crippen molar-refractivity contribution in [3.05, 3.63) is 0 Å². The minimum absolute atomic E-state index is 0.128. The highest BCUT2D eigenvalue weighted by molar-refractivity contribution is 14.1. The Balaban J connectivity index is 3.13. The summed E-state index contributed by atoms with van der Waals surface area (Å²) in [6.45, 7) is 12.9. The van der Waals surface area contributed by atoms with Crippen LogP contribution in [0.4, 0.5) is 0 Å². The maximum atomic E-state index is 9.72. The van der Waals surface area contributed by atoms with Crippen molar-refractivity contribution in [3.8, 4) is 6.07 Å². The van der Waals surface area contributed by atoms with Gasteiger partial charge in [-0.3, -0.25) is 0 Å². The average molecular weight is 375 g/mol. The lowest BCUT2D eigenvalue weighted by molar-refractivity contribution is 0.152. The summed E-state index contributed by atoms with van der Waals surface area (Å²) in [5.74, 6) is 0.518. The molecule has 3 unspecified atom stereocenters. The lowest BCUT2D eigenvalue weighted by Crippen LogP contribution is -2.50. The molecule has 1 rings (SSSR count). The van der Waals surface area contributed by atoms with Crippen LogP contribution in [0.3, 0.4) is 0 Å². The number of rotatable bonds is 3. The van der Waals surface area contributed by atoms with Gasteiger partial charge in [-0.1, -0.05) is 50.3 Å². The third kappa shape index (κ3) is 3.68. The van der Waals surface area contributed by atoms with E-state index in [0.717, 1.165) is 19.3 Å². The molecule has 0 aromatic rings. The van der Waals surface area contributed by atoms with Gasteiger partial charge < -0.3 is 0 Å². The Morgan fingerprint density at radius 2 is 1.95 bits per heavy atom. The summed E-state index contributed by atoms with van der Waals surface area (Å²) >= 11 is 2.41. The average Bonchev–Trinajstić information content (AvgIpc) is 2.32. The van der Waals surface area contributed by atoms with Gasteiger partial charge in [-0.2, -0.15) is 15.5 Å². The normalized spacial score (nSPS) is 35.3. The van der Waals surface area contributed by atoms with Crippen molar-refractivity contribution in [1.82, 2.24) is 0 Å². The van der Waals surface area contributed by atoms with E-state index in [9.17, 15) is 5.26 Å². The van der Waals surface area contributed by atoms with Crippen LogP contribution in [0.15, 0.2) is 10.2 Å². The summed E-state index contributed by atoms with van der Waals surface area (Å²) in [4.78, 5) is 0. The zero-order chi connectivity index (χ0) is 14.9. The van der Waals surface area contributed by atoms with Crippen molar-refractivity contribution >= 4 is 22.6 Å². The summed E-state index contributed by atoms with van der Waals surface area (Å²) in [6, 6.07) is 2.48. The standard InChI is InChI=1S/C15H26IN3/c1-7-14(5,6)18-19-15(10-17)9-11(2)8-13(3,4)12(15)16/h11-12H,7-9H2,1-6H3. The molecular formula is C15H26IN3. The molecule has 4 heteroatoms. The summed E-state index contributed by atoms with van der Waals surface area (Å²) in [6.07, 6.45) is 2.91. The van der Waals surface area contributed by atoms with E-state index in [1.807, 2.05) is 0 Å². The highest BCUT2D eigenvalue weighted by Gasteiger charge is 2.51. The molecule has 0 bridgehead atoms. The zero-order valence-electron chi connectivity index (χ0n) is 13.0. The topological polar surface area (TPSA) is 48.5 Å². The Labute approximate surface area is 131 Å². The number of nitrogens with zero attached hydrogens (tertiary/aromatic N) is 3. The molecule has 1 aliphatic carbocycles. The summed E-state index contributed by atoms with van der Waals surface area (Å²) in [5.41, 5.74) is -0.706. The van der Waals surface area contributed by atoms with Crippen molar-refractivity contribution in [2.45, 2.75) is 75.8 Å². The van der Waals surface area contributed by atoms with Crippen molar-refractivity contribution in [2.24, 2.45) is 21.6 Å². The van der Waals surface area contributed by atoms with Crippen LogP contribution < -0.4 is 0 Å². The van der Waals surface area contributed by atoms with Crippen molar-refractivity contribution in [3.63, 3.8) is 0 Å². The van der Waals surface area contributed by atoms with Crippen LogP contribution in [-0.4, -0.2) is 15.0 Å². The number of alkyl halides is 1. The molecule has 0 aliphatic heterocycles. The Kier molecular flexibility index (Phi) is 5.03. The first-order valence-electron chi connectivity index (χ1n) is 7.08. The molecule has 0 aromatic heterocycles. The van der Waals surface area contributed by atoms with Crippen LogP contribution in [0.5, 0.6) is 0 Å².